The van der Waals surface area contributed by atoms with Crippen molar-refractivity contribution >= 4 is 17.0 Å². The lowest BCUT2D eigenvalue weighted by atomic mass is 10.5. The van der Waals surface area contributed by atoms with Crippen molar-refractivity contribution in [3.8, 4) is 0 Å². The molecule has 0 aliphatic carbocycles. The Morgan fingerprint density at radius 1 is 1.38 bits per heavy atom. The average Bonchev–Trinajstić information content (AvgIpc) is 2.15. The Morgan fingerprint density at radius 3 is 3.25 bits per heavy atom. The van der Waals surface area contributed by atoms with E-state index in [-0.39, 0.29) is 0 Å². The van der Waals surface area contributed by atoms with Crippen molar-refractivity contribution in [1.82, 2.24) is 3.79 Å². The zero-order chi connectivity index (χ0) is 5.40. The molecule has 0 unspecified atom stereocenters. The maximum atomic E-state index is 2.12. The van der Waals surface area contributed by atoms with Gasteiger partial charge >= 0.3 is 0 Å². The van der Waals surface area contributed by atoms with Crippen molar-refractivity contribution in [1.29, 1.82) is 0 Å². The molecule has 0 saturated heterocycles. The van der Waals surface area contributed by atoms with Crippen LogP contribution in [-0.4, -0.2) is 3.79 Å². The summed E-state index contributed by atoms with van der Waals surface area (Å²) in [5, 5.41) is 2.08. The fourth-order valence-electron chi connectivity index (χ4n) is 0.770. The molecule has 0 fully saturated rings. The molecule has 2 aromatic rings. The number of hydrogen-bond acceptors (Lipinski definition) is 1. The molecule has 1 nitrogen and oxygen atoms in total. The van der Waals surface area contributed by atoms with Crippen LogP contribution in [0.3, 0.4) is 0 Å². The average molecular weight is 123 g/mol. The van der Waals surface area contributed by atoms with Crippen molar-refractivity contribution in [2.75, 3.05) is 0 Å². The van der Waals surface area contributed by atoms with Gasteiger partial charge in [0.2, 0.25) is 0 Å². The fourth-order valence-corrected chi connectivity index (χ4v) is 1.49. The van der Waals surface area contributed by atoms with E-state index in [1.807, 2.05) is 6.07 Å². The van der Waals surface area contributed by atoms with Crippen molar-refractivity contribution in [2.45, 2.75) is 0 Å². The zero-order valence-corrected chi connectivity index (χ0v) is 5.06. The van der Waals surface area contributed by atoms with Crippen LogP contribution in [0, 0.1) is 0 Å². The van der Waals surface area contributed by atoms with Crippen LogP contribution >= 0.6 is 11.5 Å². The molecule has 0 aromatic carbocycles. The minimum absolute atomic E-state index is 1.29. The second kappa shape index (κ2) is 1.36. The van der Waals surface area contributed by atoms with E-state index in [9.17, 15) is 0 Å². The molecule has 2 aromatic heterocycles. The second-order valence-electron chi connectivity index (χ2n) is 1.67. The summed E-state index contributed by atoms with van der Waals surface area (Å²) in [5.41, 5.74) is 1.29. The lowest BCUT2D eigenvalue weighted by Gasteiger charge is -1.73. The van der Waals surface area contributed by atoms with Gasteiger partial charge in [0.25, 0.3) is 0 Å². The van der Waals surface area contributed by atoms with Gasteiger partial charge in [0.1, 0.15) is 0 Å². The predicted octanol–water partition coefficient (Wildman–Crippen LogP) is 2.00. The van der Waals surface area contributed by atoms with Gasteiger partial charge in [-0.1, -0.05) is 11.5 Å². The summed E-state index contributed by atoms with van der Waals surface area (Å²) in [6.07, 6.45) is 2.06. The molecular formula is C6H5NS. The number of rotatable bonds is 0. The van der Waals surface area contributed by atoms with Crippen LogP contribution in [0.4, 0.5) is 0 Å². The molecule has 0 atom stereocenters. The highest BCUT2D eigenvalue weighted by Gasteiger charge is 1.86. The lowest BCUT2D eigenvalue weighted by molar-refractivity contribution is 1.40. The molecule has 0 aliphatic rings. The summed E-state index contributed by atoms with van der Waals surface area (Å²) in [5.74, 6) is 0. The first-order valence-corrected chi connectivity index (χ1v) is 3.31. The highest BCUT2D eigenvalue weighted by molar-refractivity contribution is 7.04. The molecule has 8 heavy (non-hydrogen) atoms. The van der Waals surface area contributed by atoms with Crippen molar-refractivity contribution in [2.24, 2.45) is 0 Å². The van der Waals surface area contributed by atoms with Gasteiger partial charge in [0, 0.05) is 11.6 Å². The summed E-state index contributed by atoms with van der Waals surface area (Å²) < 4.78 is 2.12. The Bertz CT molecular complexity index is 230. The van der Waals surface area contributed by atoms with Crippen LogP contribution in [0.2, 0.25) is 0 Å². The standard InChI is InChI=1S/C6H5NS/c1-2-6-3-5-8-7(6)4-1/h1-5H. The van der Waals surface area contributed by atoms with E-state index in [0.29, 0.717) is 0 Å². The number of hydrogen-bond donors (Lipinski definition) is 0. The number of aromatic nitrogens is 1. The summed E-state index contributed by atoms with van der Waals surface area (Å²) in [6, 6.07) is 6.24. The fraction of sp³-hybridized carbons (Fsp3) is 0. The molecule has 2 heteroatoms. The van der Waals surface area contributed by atoms with Gasteiger partial charge in [-0.05, 0) is 18.2 Å². The van der Waals surface area contributed by atoms with Gasteiger partial charge in [-0.2, -0.15) is 0 Å². The zero-order valence-electron chi connectivity index (χ0n) is 4.24. The van der Waals surface area contributed by atoms with Gasteiger partial charge in [-0.25, -0.2) is 0 Å². The van der Waals surface area contributed by atoms with Gasteiger partial charge in [-0.3, -0.25) is 3.79 Å². The van der Waals surface area contributed by atoms with E-state index in [1.54, 1.807) is 11.5 Å². The van der Waals surface area contributed by atoms with Gasteiger partial charge in [0.15, 0.2) is 0 Å². The molecule has 40 valence electrons. The third kappa shape index (κ3) is 0.406. The van der Waals surface area contributed by atoms with Crippen molar-refractivity contribution in [3.05, 3.63) is 29.8 Å². The molecule has 0 N–H and O–H groups in total. The summed E-state index contributed by atoms with van der Waals surface area (Å²) >= 11 is 1.71. The molecule has 0 bridgehead atoms. The van der Waals surface area contributed by atoms with Crippen LogP contribution in [0.15, 0.2) is 29.8 Å². The Morgan fingerprint density at radius 2 is 2.38 bits per heavy atom. The molecule has 0 amide bonds. The minimum atomic E-state index is 1.29. The van der Waals surface area contributed by atoms with Gasteiger partial charge in [-0.15, -0.1) is 0 Å². The Balaban J connectivity index is 3.06. The molecule has 2 heterocycles. The van der Waals surface area contributed by atoms with Crippen LogP contribution in [0.25, 0.3) is 5.52 Å². The Labute approximate surface area is 51.3 Å². The van der Waals surface area contributed by atoms with Crippen LogP contribution in [0.5, 0.6) is 0 Å². The van der Waals surface area contributed by atoms with E-state index < -0.39 is 0 Å². The number of fused-ring (bicyclic) bond motifs is 1. The smallest absolute Gasteiger partial charge is 0.0568 e. The van der Waals surface area contributed by atoms with E-state index >= 15 is 0 Å². The first-order chi connectivity index (χ1) is 3.97. The highest BCUT2D eigenvalue weighted by atomic mass is 32.1. The molecule has 0 saturated carbocycles. The third-order valence-corrected chi connectivity index (χ3v) is 1.97. The molecule has 0 radical (unpaired) electrons. The SMILES string of the molecule is c1cc2ccsn2c1. The van der Waals surface area contributed by atoms with Crippen LogP contribution in [-0.2, 0) is 0 Å². The molecule has 2 rings (SSSR count). The second-order valence-corrected chi connectivity index (χ2v) is 2.54. The first kappa shape index (κ1) is 4.15. The molecule has 0 spiro atoms. The van der Waals surface area contributed by atoms with Gasteiger partial charge < -0.3 is 0 Å². The summed E-state index contributed by atoms with van der Waals surface area (Å²) in [7, 11) is 0. The lowest BCUT2D eigenvalue weighted by Crippen LogP contribution is -1.60. The monoisotopic (exact) mass is 123 g/mol. The third-order valence-electron chi connectivity index (χ3n) is 1.16. The van der Waals surface area contributed by atoms with E-state index in [4.69, 9.17) is 0 Å². The largest absolute Gasteiger partial charge is 0.274 e. The normalized spacial score (nSPS) is 10.5. The van der Waals surface area contributed by atoms with E-state index in [0.717, 1.165) is 0 Å². The van der Waals surface area contributed by atoms with Crippen LogP contribution < -0.4 is 0 Å². The van der Waals surface area contributed by atoms with E-state index in [1.165, 1.54) is 5.52 Å². The minimum Gasteiger partial charge on any atom is -0.274 e. The molecule has 0 aliphatic heterocycles. The van der Waals surface area contributed by atoms with Crippen LogP contribution in [0.1, 0.15) is 0 Å². The van der Waals surface area contributed by atoms with Crippen molar-refractivity contribution < 1.29 is 0 Å². The predicted molar refractivity (Wildman–Crippen MR) is 35.3 cm³/mol. The highest BCUT2D eigenvalue weighted by Crippen LogP contribution is 2.08. The number of nitrogens with zero attached hydrogens (tertiary/aromatic N) is 1. The quantitative estimate of drug-likeness (QED) is 0.504. The Hall–Kier alpha value is -0.760. The maximum Gasteiger partial charge on any atom is 0.0568 e. The Kier molecular flexibility index (Phi) is 0.704. The summed E-state index contributed by atoms with van der Waals surface area (Å²) in [6.45, 7) is 0. The van der Waals surface area contributed by atoms with Gasteiger partial charge in [0.05, 0.1) is 5.52 Å². The maximum absolute atomic E-state index is 2.12. The topological polar surface area (TPSA) is 4.41 Å². The summed E-state index contributed by atoms with van der Waals surface area (Å²) in [4.78, 5) is 0. The molecular weight excluding hydrogens is 118 g/mol. The van der Waals surface area contributed by atoms with Crippen molar-refractivity contribution in [3.63, 3.8) is 0 Å². The van der Waals surface area contributed by atoms with E-state index in [2.05, 4.69) is 27.5 Å². The first-order valence-electron chi connectivity index (χ1n) is 2.48.